The van der Waals surface area contributed by atoms with Gasteiger partial charge in [0.15, 0.2) is 5.11 Å². The van der Waals surface area contributed by atoms with Gasteiger partial charge in [-0.1, -0.05) is 42.5 Å². The summed E-state index contributed by atoms with van der Waals surface area (Å²) < 4.78 is 13.3. The molecule has 0 spiro atoms. The van der Waals surface area contributed by atoms with Gasteiger partial charge >= 0.3 is 0 Å². The number of hydrogen-bond donors (Lipinski definition) is 2. The molecule has 2 N–H and O–H groups in total. The number of β-amino-alcohol motifs (C(OH)–C–C–N with tert-alkyl or cyclic N) is 1. The molecule has 22 heavy (non-hydrogen) atoms. The Bertz CT molecular complexity index is 662. The molecular formula is C17H17FN2OS. The highest BCUT2D eigenvalue weighted by atomic mass is 32.1. The van der Waals surface area contributed by atoms with E-state index in [-0.39, 0.29) is 12.4 Å². The Morgan fingerprint density at radius 2 is 1.73 bits per heavy atom. The quantitative estimate of drug-likeness (QED) is 0.848. The summed E-state index contributed by atoms with van der Waals surface area (Å²) in [7, 11) is 0. The van der Waals surface area contributed by atoms with Gasteiger partial charge in [-0.05, 0) is 35.5 Å². The van der Waals surface area contributed by atoms with Crippen molar-refractivity contribution >= 4 is 17.3 Å². The Hall–Kier alpha value is -1.98. The number of aliphatic hydroxyl groups excluding tert-OH is 1. The van der Waals surface area contributed by atoms with Crippen LogP contribution in [-0.2, 0) is 5.54 Å². The van der Waals surface area contributed by atoms with Crippen molar-refractivity contribution in [1.82, 2.24) is 10.2 Å². The van der Waals surface area contributed by atoms with Crippen molar-refractivity contribution in [2.45, 2.75) is 5.54 Å². The van der Waals surface area contributed by atoms with E-state index >= 15 is 0 Å². The Morgan fingerprint density at radius 3 is 2.36 bits per heavy atom. The number of nitrogens with zero attached hydrogens (tertiary/aromatic N) is 1. The molecule has 1 atom stereocenters. The summed E-state index contributed by atoms with van der Waals surface area (Å²) in [6.45, 7) is 0.997. The zero-order valence-corrected chi connectivity index (χ0v) is 12.8. The van der Waals surface area contributed by atoms with Gasteiger partial charge in [-0.3, -0.25) is 0 Å². The lowest BCUT2D eigenvalue weighted by molar-refractivity contribution is 0.195. The summed E-state index contributed by atoms with van der Waals surface area (Å²) in [5.74, 6) is -0.269. The predicted molar refractivity (Wildman–Crippen MR) is 88.0 cm³/mol. The van der Waals surface area contributed by atoms with Gasteiger partial charge < -0.3 is 15.3 Å². The molecule has 1 aliphatic rings. The van der Waals surface area contributed by atoms with Crippen LogP contribution in [0.15, 0.2) is 54.6 Å². The maximum absolute atomic E-state index is 13.3. The summed E-state index contributed by atoms with van der Waals surface area (Å²) in [5.41, 5.74) is 1.47. The fourth-order valence-electron chi connectivity index (χ4n) is 3.08. The molecule has 1 unspecified atom stereocenters. The zero-order valence-electron chi connectivity index (χ0n) is 12.0. The van der Waals surface area contributed by atoms with Crippen LogP contribution in [0.5, 0.6) is 0 Å². The van der Waals surface area contributed by atoms with Crippen LogP contribution in [0.1, 0.15) is 11.1 Å². The molecule has 0 aromatic heterocycles. The minimum absolute atomic E-state index is 0.00238. The number of rotatable bonds is 4. The van der Waals surface area contributed by atoms with E-state index in [9.17, 15) is 9.50 Å². The van der Waals surface area contributed by atoms with Crippen LogP contribution >= 0.6 is 12.2 Å². The first-order chi connectivity index (χ1) is 10.7. The second-order valence-electron chi connectivity index (χ2n) is 5.27. The molecular weight excluding hydrogens is 299 g/mol. The summed E-state index contributed by atoms with van der Waals surface area (Å²) >= 11 is 5.41. The van der Waals surface area contributed by atoms with E-state index in [1.165, 1.54) is 12.1 Å². The van der Waals surface area contributed by atoms with Gasteiger partial charge in [0, 0.05) is 13.1 Å². The average molecular weight is 316 g/mol. The third-order valence-electron chi connectivity index (χ3n) is 4.10. The molecule has 1 saturated heterocycles. The summed E-state index contributed by atoms with van der Waals surface area (Å²) in [6, 6.07) is 16.4. The maximum Gasteiger partial charge on any atom is 0.170 e. The molecule has 3 nitrogen and oxygen atoms in total. The first kappa shape index (κ1) is 14.9. The van der Waals surface area contributed by atoms with Crippen LogP contribution in [0.3, 0.4) is 0 Å². The molecule has 0 aliphatic carbocycles. The molecule has 2 aromatic rings. The standard InChI is InChI=1S/C17H17FN2OS/c18-15-8-6-14(7-9-15)17(13-4-2-1-3-5-13)12-19-16(22)20(17)10-11-21/h1-9,21H,10-12H2,(H,19,22). The lowest BCUT2D eigenvalue weighted by Crippen LogP contribution is -2.46. The van der Waals surface area contributed by atoms with Crippen LogP contribution in [0, 0.1) is 5.82 Å². The number of nitrogens with one attached hydrogen (secondary N) is 1. The molecule has 2 aromatic carbocycles. The van der Waals surface area contributed by atoms with Crippen molar-refractivity contribution in [1.29, 1.82) is 0 Å². The van der Waals surface area contributed by atoms with Crippen molar-refractivity contribution in [3.05, 3.63) is 71.5 Å². The molecule has 1 aliphatic heterocycles. The second kappa shape index (κ2) is 6.02. The lowest BCUT2D eigenvalue weighted by atomic mass is 9.82. The van der Waals surface area contributed by atoms with E-state index in [1.54, 1.807) is 12.1 Å². The highest BCUT2D eigenvalue weighted by Crippen LogP contribution is 2.38. The third kappa shape index (κ3) is 2.36. The van der Waals surface area contributed by atoms with Gasteiger partial charge in [0.1, 0.15) is 11.4 Å². The zero-order chi connectivity index (χ0) is 15.6. The molecule has 0 amide bonds. The Morgan fingerprint density at radius 1 is 1.09 bits per heavy atom. The maximum atomic E-state index is 13.3. The van der Waals surface area contributed by atoms with Crippen molar-refractivity contribution in [2.24, 2.45) is 0 Å². The fraction of sp³-hybridized carbons (Fsp3) is 0.235. The van der Waals surface area contributed by atoms with E-state index in [0.717, 1.165) is 11.1 Å². The monoisotopic (exact) mass is 316 g/mol. The highest BCUT2D eigenvalue weighted by molar-refractivity contribution is 7.80. The van der Waals surface area contributed by atoms with Crippen LogP contribution < -0.4 is 5.32 Å². The van der Waals surface area contributed by atoms with Crippen molar-refractivity contribution in [3.63, 3.8) is 0 Å². The smallest absolute Gasteiger partial charge is 0.170 e. The molecule has 0 saturated carbocycles. The number of hydrogen-bond acceptors (Lipinski definition) is 2. The largest absolute Gasteiger partial charge is 0.395 e. The first-order valence-electron chi connectivity index (χ1n) is 7.16. The number of thiocarbonyl (C=S) groups is 1. The highest BCUT2D eigenvalue weighted by Gasteiger charge is 2.46. The molecule has 0 radical (unpaired) electrons. The van der Waals surface area contributed by atoms with E-state index < -0.39 is 5.54 Å². The molecule has 1 fully saturated rings. The van der Waals surface area contributed by atoms with Crippen LogP contribution in [-0.4, -0.2) is 34.8 Å². The van der Waals surface area contributed by atoms with Gasteiger partial charge in [0.2, 0.25) is 0 Å². The molecule has 114 valence electrons. The minimum Gasteiger partial charge on any atom is -0.395 e. The Kier molecular flexibility index (Phi) is 4.09. The number of halogens is 1. The summed E-state index contributed by atoms with van der Waals surface area (Å²) in [4.78, 5) is 1.98. The second-order valence-corrected chi connectivity index (χ2v) is 5.65. The van der Waals surface area contributed by atoms with E-state index in [2.05, 4.69) is 5.32 Å². The number of aliphatic hydroxyl groups is 1. The summed E-state index contributed by atoms with van der Waals surface area (Å²) in [6.07, 6.45) is 0. The van der Waals surface area contributed by atoms with Crippen molar-refractivity contribution in [2.75, 3.05) is 19.7 Å². The van der Waals surface area contributed by atoms with Crippen molar-refractivity contribution in [3.8, 4) is 0 Å². The average Bonchev–Trinajstić information content (AvgIpc) is 2.88. The van der Waals surface area contributed by atoms with Crippen LogP contribution in [0.4, 0.5) is 4.39 Å². The summed E-state index contributed by atoms with van der Waals surface area (Å²) in [5, 5.41) is 13.2. The van der Waals surface area contributed by atoms with Crippen LogP contribution in [0.2, 0.25) is 0 Å². The normalized spacial score (nSPS) is 21.0. The topological polar surface area (TPSA) is 35.5 Å². The Labute approximate surface area is 134 Å². The Balaban J connectivity index is 2.18. The van der Waals surface area contributed by atoms with Crippen molar-refractivity contribution < 1.29 is 9.50 Å². The van der Waals surface area contributed by atoms with Gasteiger partial charge in [-0.2, -0.15) is 0 Å². The predicted octanol–water partition coefficient (Wildman–Crippen LogP) is 2.25. The molecule has 0 bridgehead atoms. The number of benzene rings is 2. The first-order valence-corrected chi connectivity index (χ1v) is 7.57. The molecule has 3 rings (SSSR count). The van der Waals surface area contributed by atoms with E-state index in [0.29, 0.717) is 18.2 Å². The van der Waals surface area contributed by atoms with E-state index in [4.69, 9.17) is 12.2 Å². The SMILES string of the molecule is OCCN1C(=S)NCC1(c1ccccc1)c1ccc(F)cc1. The third-order valence-corrected chi connectivity index (χ3v) is 4.46. The van der Waals surface area contributed by atoms with Crippen LogP contribution in [0.25, 0.3) is 0 Å². The molecule has 5 heteroatoms. The van der Waals surface area contributed by atoms with Gasteiger partial charge in [0.25, 0.3) is 0 Å². The fourth-order valence-corrected chi connectivity index (χ4v) is 3.40. The van der Waals surface area contributed by atoms with Gasteiger partial charge in [-0.25, -0.2) is 4.39 Å². The van der Waals surface area contributed by atoms with Gasteiger partial charge in [0.05, 0.1) is 6.61 Å². The van der Waals surface area contributed by atoms with E-state index in [1.807, 2.05) is 35.2 Å². The minimum atomic E-state index is -0.533. The lowest BCUT2D eigenvalue weighted by Gasteiger charge is -2.39. The van der Waals surface area contributed by atoms with Gasteiger partial charge in [-0.15, -0.1) is 0 Å². The molecule has 1 heterocycles.